The summed E-state index contributed by atoms with van der Waals surface area (Å²) in [6.07, 6.45) is 6.83. The number of phosphoric acid groups is 1. The number of unbranched alkanes of at least 4 members (excludes halogenated alkanes) is 2. The molecule has 3 aliphatic carbocycles. The molecule has 0 radical (unpaired) electrons. The maximum absolute atomic E-state index is 14.8. The van der Waals surface area contributed by atoms with E-state index in [2.05, 4.69) is 20.9 Å². The van der Waals surface area contributed by atoms with Crippen molar-refractivity contribution in [1.82, 2.24) is 20.5 Å². The number of halogens is 2. The van der Waals surface area contributed by atoms with Crippen LogP contribution in [-0.4, -0.2) is 104 Å². The Hall–Kier alpha value is -5.78. The number of H-pyrrole nitrogens is 1. The number of amides is 7. The Kier molecular flexibility index (Phi) is 13.4. The van der Waals surface area contributed by atoms with Crippen LogP contribution in [0.5, 0.6) is 5.75 Å². The topological polar surface area (TPSA) is 248 Å². The van der Waals surface area contributed by atoms with Crippen LogP contribution in [-0.2, 0) is 38.1 Å². The van der Waals surface area contributed by atoms with Gasteiger partial charge in [0, 0.05) is 90.5 Å². The molecule has 3 aliphatic heterocycles. The van der Waals surface area contributed by atoms with Crippen LogP contribution in [0.4, 0.5) is 17.1 Å². The van der Waals surface area contributed by atoms with E-state index in [1.165, 1.54) is 18.2 Å². The number of nitrogens with one attached hydrogen (secondary N) is 4. The van der Waals surface area contributed by atoms with Gasteiger partial charge < -0.3 is 35.3 Å². The molecule has 3 aromatic carbocycles. The first kappa shape index (κ1) is 50.2. The van der Waals surface area contributed by atoms with Gasteiger partial charge in [0.15, 0.2) is 5.75 Å². The molecule has 4 aromatic rings. The van der Waals surface area contributed by atoms with E-state index in [1.54, 1.807) is 42.8 Å². The van der Waals surface area contributed by atoms with E-state index in [0.29, 0.717) is 78.4 Å². The third-order valence-electron chi connectivity index (χ3n) is 14.9. The van der Waals surface area contributed by atoms with Gasteiger partial charge in [0.2, 0.25) is 29.5 Å². The van der Waals surface area contributed by atoms with E-state index in [1.807, 2.05) is 31.2 Å². The fourth-order valence-corrected chi connectivity index (χ4v) is 12.4. The number of carbonyl (C=O) groups is 7. The number of imide groups is 1. The first-order valence-electron chi connectivity index (χ1n) is 23.8. The molecule has 10 rings (SSSR count). The zero-order valence-electron chi connectivity index (χ0n) is 39.7. The van der Waals surface area contributed by atoms with Crippen molar-refractivity contribution in [3.8, 4) is 5.75 Å². The van der Waals surface area contributed by atoms with E-state index in [9.17, 15) is 47.9 Å². The molecule has 1 unspecified atom stereocenters. The maximum Gasteiger partial charge on any atom is 0.524 e. The predicted octanol–water partition coefficient (Wildman–Crippen LogP) is 6.38. The molecule has 2 bridgehead atoms. The summed E-state index contributed by atoms with van der Waals surface area (Å²) >= 11 is 13.1. The van der Waals surface area contributed by atoms with Gasteiger partial charge in [-0.1, -0.05) is 44.5 Å². The first-order chi connectivity index (χ1) is 33.7. The molecule has 4 atom stereocenters. The zero-order valence-corrected chi connectivity index (χ0v) is 42.1. The summed E-state index contributed by atoms with van der Waals surface area (Å²) in [4.78, 5) is 121. The van der Waals surface area contributed by atoms with Gasteiger partial charge >= 0.3 is 7.82 Å². The largest absolute Gasteiger partial charge is 0.524 e. The number of benzene rings is 3. The predicted molar refractivity (Wildman–Crippen MR) is 267 cm³/mol. The molecule has 6 N–H and O–H groups in total. The van der Waals surface area contributed by atoms with E-state index >= 15 is 0 Å². The van der Waals surface area contributed by atoms with Crippen LogP contribution < -0.4 is 30.3 Å². The maximum atomic E-state index is 14.8. The van der Waals surface area contributed by atoms with E-state index in [-0.39, 0.29) is 84.3 Å². The number of aromatic amines is 1. The molecule has 1 aromatic heterocycles. The van der Waals surface area contributed by atoms with Crippen molar-refractivity contribution in [3.63, 3.8) is 0 Å². The third kappa shape index (κ3) is 9.00. The number of carbonyl (C=O) groups excluding carboxylic acids is 7. The fourth-order valence-electron chi connectivity index (χ4n) is 11.5. The summed E-state index contributed by atoms with van der Waals surface area (Å²) in [5, 5.41) is 10.7. The number of fused-ring (bicyclic) bond motifs is 6. The Morgan fingerprint density at radius 3 is 2.01 bits per heavy atom. The smallest absolute Gasteiger partial charge is 0.402 e. The van der Waals surface area contributed by atoms with Gasteiger partial charge in [0.25, 0.3) is 11.8 Å². The van der Waals surface area contributed by atoms with Crippen molar-refractivity contribution >= 4 is 111 Å². The van der Waals surface area contributed by atoms with Crippen LogP contribution in [0.1, 0.15) is 94.2 Å². The summed E-state index contributed by atoms with van der Waals surface area (Å²) < 4.78 is 17.1. The number of rotatable bonds is 18. The molecule has 3 fully saturated rings. The van der Waals surface area contributed by atoms with Gasteiger partial charge in [-0.25, -0.2) is 4.57 Å². The Morgan fingerprint density at radius 1 is 0.831 bits per heavy atom. The highest BCUT2D eigenvalue weighted by atomic mass is 35.5. The molecule has 7 amide bonds. The van der Waals surface area contributed by atoms with Gasteiger partial charge in [-0.05, 0) is 80.0 Å². The summed E-state index contributed by atoms with van der Waals surface area (Å²) in [6.45, 7) is 7.77. The second-order valence-electron chi connectivity index (χ2n) is 20.1. The summed E-state index contributed by atoms with van der Waals surface area (Å²) in [5.41, 5.74) is 2.70. The standard InChI is InChI=1S/C50H56Cl2N7O11P/c1-26(2)43(56-37(60)12-6-5-9-15-57-38(61)13-14-39(57)62)46(64)54-28(4)45(63)55-33-16-34-41(32-11-8-7-10-31(32)33)29(18-51)21-58(34)47(65)49-23-50(24-49,25-49)48(66)59-22-30(19-52)42-35(59)17-36(70-71(67,68)69)44-40(42)27(3)20-53-44/h7-8,10-11,13-14,16-17,20,26,28-30,43,53H,5-6,9,12,15,18-19,21-25H2,1-4H3,(H,54,64)(H,55,63)(H,56,60)(H2,67,68,69)/t28-,29?,30+,43-,49?,50?/m0/s1. The molecule has 376 valence electrons. The van der Waals surface area contributed by atoms with Crippen LogP contribution in [0, 0.1) is 23.7 Å². The Balaban J connectivity index is 0.872. The number of hydrogen-bond acceptors (Lipinski definition) is 9. The van der Waals surface area contributed by atoms with Crippen molar-refractivity contribution in [2.24, 2.45) is 16.7 Å². The lowest BCUT2D eigenvalue weighted by Crippen LogP contribution is -2.73. The normalized spacial score (nSPS) is 22.9. The lowest BCUT2D eigenvalue weighted by Gasteiger charge is -2.69. The molecular formula is C50H56Cl2N7O11P. The van der Waals surface area contributed by atoms with Crippen molar-refractivity contribution in [3.05, 3.63) is 71.4 Å². The number of anilines is 3. The Morgan fingerprint density at radius 2 is 1.42 bits per heavy atom. The van der Waals surface area contributed by atoms with Crippen LogP contribution in [0.3, 0.4) is 0 Å². The molecule has 18 nitrogen and oxygen atoms in total. The summed E-state index contributed by atoms with van der Waals surface area (Å²) in [7, 11) is -4.97. The summed E-state index contributed by atoms with van der Waals surface area (Å²) in [6, 6.07) is 8.77. The molecule has 6 aliphatic rings. The van der Waals surface area contributed by atoms with E-state index < -0.39 is 42.6 Å². The highest BCUT2D eigenvalue weighted by molar-refractivity contribution is 7.46. The number of hydrogen-bond donors (Lipinski definition) is 6. The molecule has 3 saturated carbocycles. The van der Waals surface area contributed by atoms with Gasteiger partial charge in [-0.15, -0.1) is 23.2 Å². The van der Waals surface area contributed by atoms with Gasteiger partial charge in [-0.2, -0.15) is 0 Å². The molecule has 4 heterocycles. The van der Waals surface area contributed by atoms with Crippen LogP contribution in [0.2, 0.25) is 0 Å². The summed E-state index contributed by atoms with van der Waals surface area (Å²) in [5.74, 6) is -2.92. The molecule has 0 spiro atoms. The molecule has 21 heteroatoms. The fraction of sp³-hybridized carbons (Fsp3) is 0.460. The number of phosphoric ester groups is 1. The van der Waals surface area contributed by atoms with E-state index in [4.69, 9.17) is 27.7 Å². The Bertz CT molecular complexity index is 2970. The van der Waals surface area contributed by atoms with Crippen molar-refractivity contribution in [2.75, 3.05) is 46.5 Å². The lowest BCUT2D eigenvalue weighted by atomic mass is 9.34. The van der Waals surface area contributed by atoms with Crippen LogP contribution in [0.15, 0.2) is 54.7 Å². The van der Waals surface area contributed by atoms with Crippen molar-refractivity contribution in [2.45, 2.75) is 96.6 Å². The number of alkyl halides is 2. The average Bonchev–Trinajstić information content (AvgIpc) is 4.06. The highest BCUT2D eigenvalue weighted by Gasteiger charge is 2.76. The van der Waals surface area contributed by atoms with Gasteiger partial charge in [0.05, 0.1) is 27.7 Å². The molecule has 71 heavy (non-hydrogen) atoms. The second kappa shape index (κ2) is 19.0. The van der Waals surface area contributed by atoms with Gasteiger partial charge in [0.1, 0.15) is 12.1 Å². The Labute approximate surface area is 419 Å². The second-order valence-corrected chi connectivity index (χ2v) is 21.9. The average molecular weight is 1030 g/mol. The first-order valence-corrected chi connectivity index (χ1v) is 26.4. The minimum absolute atomic E-state index is 0.0877. The number of aromatic nitrogens is 1. The number of nitrogens with zero attached hydrogens (tertiary/aromatic N) is 3. The van der Waals surface area contributed by atoms with Crippen molar-refractivity contribution < 1.29 is 52.4 Å². The minimum Gasteiger partial charge on any atom is -0.402 e. The molecular weight excluding hydrogens is 976 g/mol. The third-order valence-corrected chi connectivity index (χ3v) is 16.1. The quantitative estimate of drug-likeness (QED) is 0.0276. The number of aryl methyl sites for hydroxylation is 1. The van der Waals surface area contributed by atoms with Crippen molar-refractivity contribution in [1.29, 1.82) is 0 Å². The van der Waals surface area contributed by atoms with Gasteiger partial charge in [-0.3, -0.25) is 48.2 Å². The highest BCUT2D eigenvalue weighted by Crippen LogP contribution is 2.75. The zero-order chi connectivity index (χ0) is 50.9. The van der Waals surface area contributed by atoms with Crippen LogP contribution >= 0.6 is 31.0 Å². The lowest BCUT2D eigenvalue weighted by molar-refractivity contribution is -0.205. The minimum atomic E-state index is -4.97. The monoisotopic (exact) mass is 1030 g/mol. The molecule has 0 saturated heterocycles. The SMILES string of the molecule is Cc1c[nH]c2c(OP(=O)(O)O)cc3c(c12)[C@H](CCl)CN3C(=O)C12CC(C(=O)N3CC(CCl)c4c3cc(NC(=O)[C@H](C)NC(=O)[C@@H](NC(=O)CCCCCN3C(=O)C=CC3=O)C(C)C)c3ccccc43)(C1)C2. The van der Waals surface area contributed by atoms with Crippen LogP contribution in [0.25, 0.3) is 21.7 Å². The van der Waals surface area contributed by atoms with E-state index in [0.717, 1.165) is 27.0 Å².